The van der Waals surface area contributed by atoms with Crippen molar-refractivity contribution in [3.05, 3.63) is 35.4 Å². The molecule has 0 amide bonds. The molecule has 1 aromatic rings. The van der Waals surface area contributed by atoms with Gasteiger partial charge in [0.15, 0.2) is 0 Å². The summed E-state index contributed by atoms with van der Waals surface area (Å²) < 4.78 is 0. The van der Waals surface area contributed by atoms with Crippen LogP contribution in [0.5, 0.6) is 0 Å². The van der Waals surface area contributed by atoms with Crippen molar-refractivity contribution in [3.8, 4) is 0 Å². The Bertz CT molecular complexity index is 296. The van der Waals surface area contributed by atoms with Crippen molar-refractivity contribution in [2.45, 2.75) is 44.6 Å². The van der Waals surface area contributed by atoms with Gasteiger partial charge in [-0.1, -0.05) is 29.8 Å². The molecule has 1 aliphatic rings. The van der Waals surface area contributed by atoms with Crippen LogP contribution in [0.25, 0.3) is 0 Å². The third-order valence-corrected chi connectivity index (χ3v) is 3.28. The first-order valence-electron chi connectivity index (χ1n) is 5.46. The fourth-order valence-electron chi connectivity index (χ4n) is 1.97. The largest absolute Gasteiger partial charge is 0.390 e. The van der Waals surface area contributed by atoms with Crippen LogP contribution in [0.15, 0.2) is 24.3 Å². The Kier molecular flexibility index (Phi) is 2.60. The quantitative estimate of drug-likeness (QED) is 0.777. The van der Waals surface area contributed by atoms with E-state index in [1.54, 1.807) is 0 Å². The molecule has 0 aliphatic heterocycles. The SMILES string of the molecule is Cc1ccc(CCC2(O)CCC2)cc1. The minimum atomic E-state index is -0.328. The zero-order valence-electron chi connectivity index (χ0n) is 8.79. The molecule has 1 N–H and O–H groups in total. The van der Waals surface area contributed by atoms with E-state index in [-0.39, 0.29) is 5.60 Å². The van der Waals surface area contributed by atoms with Gasteiger partial charge in [0.05, 0.1) is 5.60 Å². The molecule has 1 aromatic carbocycles. The molecule has 14 heavy (non-hydrogen) atoms. The Labute approximate surface area is 85.8 Å². The summed E-state index contributed by atoms with van der Waals surface area (Å²) in [6.07, 6.45) is 5.13. The zero-order chi connectivity index (χ0) is 10.0. The fraction of sp³-hybridized carbons (Fsp3) is 0.538. The minimum absolute atomic E-state index is 0.328. The number of aryl methyl sites for hydroxylation is 2. The van der Waals surface area contributed by atoms with Gasteiger partial charge in [-0.05, 0) is 44.6 Å². The molecule has 0 heterocycles. The molecule has 0 radical (unpaired) electrons. The zero-order valence-corrected chi connectivity index (χ0v) is 8.79. The van der Waals surface area contributed by atoms with Crippen molar-refractivity contribution in [1.82, 2.24) is 0 Å². The van der Waals surface area contributed by atoms with E-state index in [0.717, 1.165) is 25.7 Å². The maximum absolute atomic E-state index is 9.93. The highest BCUT2D eigenvalue weighted by Gasteiger charge is 2.33. The lowest BCUT2D eigenvalue weighted by atomic mass is 9.76. The Morgan fingerprint density at radius 2 is 1.86 bits per heavy atom. The van der Waals surface area contributed by atoms with Crippen molar-refractivity contribution >= 4 is 0 Å². The van der Waals surface area contributed by atoms with Gasteiger partial charge in [-0.25, -0.2) is 0 Å². The molecule has 1 aliphatic carbocycles. The summed E-state index contributed by atoms with van der Waals surface area (Å²) in [7, 11) is 0. The molecule has 0 bridgehead atoms. The van der Waals surface area contributed by atoms with E-state index in [4.69, 9.17) is 0 Å². The Morgan fingerprint density at radius 1 is 1.21 bits per heavy atom. The number of hydrogen-bond acceptors (Lipinski definition) is 1. The summed E-state index contributed by atoms with van der Waals surface area (Å²) in [5.41, 5.74) is 2.32. The molecular formula is C13H18O. The second-order valence-electron chi connectivity index (χ2n) is 4.56. The van der Waals surface area contributed by atoms with Crippen LogP contribution in [0.1, 0.15) is 36.8 Å². The first-order chi connectivity index (χ1) is 6.68. The minimum Gasteiger partial charge on any atom is -0.390 e. The molecule has 2 rings (SSSR count). The van der Waals surface area contributed by atoms with Crippen LogP contribution in [-0.2, 0) is 6.42 Å². The summed E-state index contributed by atoms with van der Waals surface area (Å²) in [5.74, 6) is 0. The molecule has 0 spiro atoms. The second-order valence-corrected chi connectivity index (χ2v) is 4.56. The number of rotatable bonds is 3. The topological polar surface area (TPSA) is 20.2 Å². The highest BCUT2D eigenvalue weighted by atomic mass is 16.3. The van der Waals surface area contributed by atoms with Gasteiger partial charge >= 0.3 is 0 Å². The van der Waals surface area contributed by atoms with E-state index in [2.05, 4.69) is 31.2 Å². The van der Waals surface area contributed by atoms with Crippen LogP contribution < -0.4 is 0 Å². The molecule has 0 aromatic heterocycles. The predicted octanol–water partition coefficient (Wildman–Crippen LogP) is 2.84. The third kappa shape index (κ3) is 2.16. The van der Waals surface area contributed by atoms with Crippen LogP contribution in [-0.4, -0.2) is 10.7 Å². The predicted molar refractivity (Wildman–Crippen MR) is 58.3 cm³/mol. The van der Waals surface area contributed by atoms with Gasteiger partial charge < -0.3 is 5.11 Å². The maximum atomic E-state index is 9.93. The smallest absolute Gasteiger partial charge is 0.0651 e. The van der Waals surface area contributed by atoms with Gasteiger partial charge in [0.25, 0.3) is 0 Å². The standard InChI is InChI=1S/C13H18O/c1-11-3-5-12(6-4-11)7-10-13(14)8-2-9-13/h3-6,14H,2,7-10H2,1H3. The van der Waals surface area contributed by atoms with E-state index in [0.29, 0.717) is 0 Å². The van der Waals surface area contributed by atoms with Gasteiger partial charge in [-0.15, -0.1) is 0 Å². The molecule has 0 saturated heterocycles. The van der Waals surface area contributed by atoms with Crippen LogP contribution in [0, 0.1) is 6.92 Å². The Hall–Kier alpha value is -0.820. The van der Waals surface area contributed by atoms with E-state index in [9.17, 15) is 5.11 Å². The first kappa shape index (κ1) is 9.72. The Balaban J connectivity index is 1.88. The second kappa shape index (κ2) is 3.74. The summed E-state index contributed by atoms with van der Waals surface area (Å²) in [4.78, 5) is 0. The summed E-state index contributed by atoms with van der Waals surface area (Å²) in [5, 5.41) is 9.93. The highest BCUT2D eigenvalue weighted by molar-refractivity contribution is 5.21. The molecule has 1 nitrogen and oxygen atoms in total. The number of aliphatic hydroxyl groups is 1. The van der Waals surface area contributed by atoms with Gasteiger partial charge in [-0.3, -0.25) is 0 Å². The van der Waals surface area contributed by atoms with Gasteiger partial charge in [0.2, 0.25) is 0 Å². The van der Waals surface area contributed by atoms with Crippen LogP contribution >= 0.6 is 0 Å². The lowest BCUT2D eigenvalue weighted by molar-refractivity contribution is -0.0397. The van der Waals surface area contributed by atoms with Gasteiger partial charge in [0.1, 0.15) is 0 Å². The first-order valence-corrected chi connectivity index (χ1v) is 5.46. The molecule has 1 saturated carbocycles. The molecule has 0 unspecified atom stereocenters. The van der Waals surface area contributed by atoms with Gasteiger partial charge in [-0.2, -0.15) is 0 Å². The molecular weight excluding hydrogens is 172 g/mol. The summed E-state index contributed by atoms with van der Waals surface area (Å²) in [6.45, 7) is 2.10. The van der Waals surface area contributed by atoms with Crippen molar-refractivity contribution in [2.24, 2.45) is 0 Å². The van der Waals surface area contributed by atoms with Crippen LogP contribution in [0.2, 0.25) is 0 Å². The highest BCUT2D eigenvalue weighted by Crippen LogP contribution is 2.35. The number of benzene rings is 1. The average molecular weight is 190 g/mol. The van der Waals surface area contributed by atoms with E-state index >= 15 is 0 Å². The molecule has 76 valence electrons. The average Bonchev–Trinajstić information content (AvgIpc) is 2.14. The summed E-state index contributed by atoms with van der Waals surface area (Å²) in [6, 6.07) is 8.61. The van der Waals surface area contributed by atoms with Crippen molar-refractivity contribution < 1.29 is 5.11 Å². The molecule has 1 fully saturated rings. The van der Waals surface area contributed by atoms with Crippen LogP contribution in [0.4, 0.5) is 0 Å². The van der Waals surface area contributed by atoms with E-state index in [1.807, 2.05) is 0 Å². The van der Waals surface area contributed by atoms with Crippen molar-refractivity contribution in [3.63, 3.8) is 0 Å². The van der Waals surface area contributed by atoms with Crippen molar-refractivity contribution in [2.75, 3.05) is 0 Å². The third-order valence-electron chi connectivity index (χ3n) is 3.28. The monoisotopic (exact) mass is 190 g/mol. The Morgan fingerprint density at radius 3 is 2.36 bits per heavy atom. The lowest BCUT2D eigenvalue weighted by Crippen LogP contribution is -2.36. The molecule has 1 heteroatoms. The number of hydrogen-bond donors (Lipinski definition) is 1. The lowest BCUT2D eigenvalue weighted by Gasteiger charge is -2.36. The van der Waals surface area contributed by atoms with Gasteiger partial charge in [0, 0.05) is 0 Å². The summed E-state index contributed by atoms with van der Waals surface area (Å²) >= 11 is 0. The van der Waals surface area contributed by atoms with Crippen molar-refractivity contribution in [1.29, 1.82) is 0 Å². The maximum Gasteiger partial charge on any atom is 0.0651 e. The molecule has 0 atom stereocenters. The van der Waals surface area contributed by atoms with E-state index in [1.165, 1.54) is 17.5 Å². The van der Waals surface area contributed by atoms with E-state index < -0.39 is 0 Å². The normalized spacial score (nSPS) is 19.0. The van der Waals surface area contributed by atoms with Crippen LogP contribution in [0.3, 0.4) is 0 Å². The fourth-order valence-corrected chi connectivity index (χ4v) is 1.97.